The van der Waals surface area contributed by atoms with Crippen molar-refractivity contribution in [3.63, 3.8) is 0 Å². The van der Waals surface area contributed by atoms with Crippen LogP contribution in [0.5, 0.6) is 0 Å². The van der Waals surface area contributed by atoms with Gasteiger partial charge >= 0.3 is 0 Å². The number of rotatable bonds is 4. The van der Waals surface area contributed by atoms with Crippen LogP contribution in [0.15, 0.2) is 107 Å². The second kappa shape index (κ2) is 12.5. The molecule has 0 amide bonds. The largest absolute Gasteiger partial charge is 0.289 e. The van der Waals surface area contributed by atoms with Crippen molar-refractivity contribution in [3.05, 3.63) is 139 Å². The Labute approximate surface area is 302 Å². The Bertz CT molecular complexity index is 2630. The Hall–Kier alpha value is -6.86. The maximum absolute atomic E-state index is 13.4. The maximum atomic E-state index is 13.4. The lowest BCUT2D eigenvalue weighted by atomic mass is 9.99. The molecule has 51 heavy (non-hydrogen) atoms. The molecule has 0 aliphatic heterocycles. The molecule has 0 saturated carbocycles. The highest BCUT2D eigenvalue weighted by Gasteiger charge is 2.33. The van der Waals surface area contributed by atoms with Gasteiger partial charge in [0.1, 0.15) is 46.5 Å². The van der Waals surface area contributed by atoms with Gasteiger partial charge in [0.2, 0.25) is 0 Å². The summed E-state index contributed by atoms with van der Waals surface area (Å²) in [5.74, 6) is -0.464. The number of benzene rings is 3. The predicted molar refractivity (Wildman–Crippen MR) is 198 cm³/mol. The number of carbonyl (C=O) groups excluding carboxylic acids is 2. The van der Waals surface area contributed by atoms with Gasteiger partial charge in [0.25, 0.3) is 0 Å². The van der Waals surface area contributed by atoms with Gasteiger partial charge in [-0.2, -0.15) is 29.8 Å². The second-order valence-corrected chi connectivity index (χ2v) is 14.1. The van der Waals surface area contributed by atoms with Crippen molar-refractivity contribution < 1.29 is 9.59 Å². The lowest BCUT2D eigenvalue weighted by Gasteiger charge is -2.04. The number of hydrogen-bond donors (Lipinski definition) is 0. The fourth-order valence-corrected chi connectivity index (χ4v) is 8.92. The fraction of sp³-hybridized carbons (Fsp3) is 0. The summed E-state index contributed by atoms with van der Waals surface area (Å²) in [7, 11) is 0. The number of thiophene rings is 2. The van der Waals surface area contributed by atoms with Crippen LogP contribution in [0.3, 0.4) is 0 Å². The quantitative estimate of drug-likeness (QED) is 0.130. The lowest BCUT2D eigenvalue weighted by Crippen LogP contribution is -1.95. The van der Waals surface area contributed by atoms with Crippen molar-refractivity contribution in [2.45, 2.75) is 0 Å². The van der Waals surface area contributed by atoms with E-state index in [-0.39, 0.29) is 22.7 Å². The zero-order valence-corrected chi connectivity index (χ0v) is 28.4. The first-order valence-corrected chi connectivity index (χ1v) is 17.6. The van der Waals surface area contributed by atoms with Crippen molar-refractivity contribution in [3.8, 4) is 45.2 Å². The molecule has 3 heterocycles. The van der Waals surface area contributed by atoms with Gasteiger partial charge in [-0.05, 0) is 47.5 Å². The number of Topliss-reactive ketones (excluding diaryl/α,β-unsaturated/α-hetero) is 2. The number of aromatic nitrogens is 2. The Morgan fingerprint density at radius 1 is 0.510 bits per heavy atom. The van der Waals surface area contributed by atoms with E-state index in [1.807, 2.05) is 60.7 Å². The smallest absolute Gasteiger partial charge is 0.194 e. The molecule has 0 N–H and O–H groups in total. The van der Waals surface area contributed by atoms with Crippen molar-refractivity contribution in [1.29, 1.82) is 21.0 Å². The van der Waals surface area contributed by atoms with Gasteiger partial charge in [-0.1, -0.05) is 60.7 Å². The summed E-state index contributed by atoms with van der Waals surface area (Å²) in [6.45, 7) is 0. The minimum atomic E-state index is -0.232. The van der Waals surface area contributed by atoms with E-state index in [4.69, 9.17) is 0 Å². The third-order valence-corrected chi connectivity index (χ3v) is 11.3. The molecule has 0 spiro atoms. The first kappa shape index (κ1) is 31.4. The van der Waals surface area contributed by atoms with Crippen molar-refractivity contribution in [2.75, 3.05) is 0 Å². The average Bonchev–Trinajstić information content (AvgIpc) is 4.01. The normalized spacial score (nSPS) is 14.7. The van der Waals surface area contributed by atoms with Crippen LogP contribution in [0.1, 0.15) is 41.6 Å². The SMILES string of the molecule is N#CC(C#N)=C1C(=Cc2ccc(-c3ccc(-c4ccc(C=C5C(=O)c6ccccc6C5=C(C#N)C#N)s4)c4nsnc34)s2)C(=O)c2ccccc21. The van der Waals surface area contributed by atoms with E-state index in [1.165, 1.54) is 22.7 Å². The summed E-state index contributed by atoms with van der Waals surface area (Å²) in [5.41, 5.74) is 6.34. The number of hydrogen-bond acceptors (Lipinski definition) is 11. The van der Waals surface area contributed by atoms with Crippen LogP contribution in [0.4, 0.5) is 0 Å². The minimum absolute atomic E-state index is 0.110. The zero-order valence-electron chi connectivity index (χ0n) is 26.0. The molecule has 8 nitrogen and oxygen atoms in total. The molecular formula is C40H16N6O2S3. The predicted octanol–water partition coefficient (Wildman–Crippen LogP) is 9.31. The molecule has 236 valence electrons. The van der Waals surface area contributed by atoms with E-state index < -0.39 is 0 Å². The molecule has 8 rings (SSSR count). The molecule has 0 fully saturated rings. The van der Waals surface area contributed by atoms with Crippen LogP contribution in [0.25, 0.3) is 55.2 Å². The van der Waals surface area contributed by atoms with Gasteiger partial charge in [-0.15, -0.1) is 22.7 Å². The van der Waals surface area contributed by atoms with Crippen LogP contribution in [-0.4, -0.2) is 20.3 Å². The Balaban J connectivity index is 1.15. The Morgan fingerprint density at radius 2 is 0.902 bits per heavy atom. The average molecular weight is 709 g/mol. The van der Waals surface area contributed by atoms with E-state index in [9.17, 15) is 30.6 Å². The molecule has 11 heteroatoms. The van der Waals surface area contributed by atoms with Crippen LogP contribution >= 0.6 is 34.4 Å². The molecule has 2 aliphatic rings. The summed E-state index contributed by atoms with van der Waals surface area (Å²) < 4.78 is 9.26. The minimum Gasteiger partial charge on any atom is -0.289 e. The molecule has 0 bridgehead atoms. The number of nitrogens with zero attached hydrogens (tertiary/aromatic N) is 6. The molecule has 3 aromatic heterocycles. The number of fused-ring (bicyclic) bond motifs is 3. The molecule has 0 atom stereocenters. The molecule has 0 unspecified atom stereocenters. The topological polar surface area (TPSA) is 155 Å². The van der Waals surface area contributed by atoms with E-state index in [2.05, 4.69) is 8.75 Å². The molecule has 6 aromatic rings. The van der Waals surface area contributed by atoms with Crippen molar-refractivity contribution in [2.24, 2.45) is 0 Å². The Kier molecular flexibility index (Phi) is 7.73. The van der Waals surface area contributed by atoms with Gasteiger partial charge in [0.15, 0.2) is 11.6 Å². The third kappa shape index (κ3) is 5.06. The fourth-order valence-electron chi connectivity index (χ4n) is 6.39. The van der Waals surface area contributed by atoms with Crippen LogP contribution in [-0.2, 0) is 0 Å². The van der Waals surface area contributed by atoms with E-state index >= 15 is 0 Å². The summed E-state index contributed by atoms with van der Waals surface area (Å²) >= 11 is 4.02. The standard InChI is InChI=1S/C40H16N6O2S3/c41-17-21(18-42)35-25-5-1-3-7-27(25)39(47)31(35)15-23-9-13-33(49-23)29-11-12-30(38-37(29)45-51-46-38)34-14-10-24(50-34)16-32-36(22(19-43)20-44)26-6-2-4-8-28(26)40(32)48/h1-16H. The third-order valence-electron chi connectivity index (χ3n) is 8.63. The van der Waals surface area contributed by atoms with E-state index in [1.54, 1.807) is 60.7 Å². The lowest BCUT2D eigenvalue weighted by molar-refractivity contribution is 0.103. The van der Waals surface area contributed by atoms with Gasteiger partial charge in [0, 0.05) is 64.1 Å². The number of allylic oxidation sites excluding steroid dienone is 6. The van der Waals surface area contributed by atoms with Crippen LogP contribution in [0, 0.1) is 45.3 Å². The molecular weight excluding hydrogens is 693 g/mol. The highest BCUT2D eigenvalue weighted by atomic mass is 32.1. The summed E-state index contributed by atoms with van der Waals surface area (Å²) in [6.07, 6.45) is 3.47. The van der Waals surface area contributed by atoms with Crippen molar-refractivity contribution >= 4 is 80.3 Å². The first-order valence-electron chi connectivity index (χ1n) is 15.2. The number of nitriles is 4. The molecule has 0 radical (unpaired) electrons. The van der Waals surface area contributed by atoms with Gasteiger partial charge in [-0.3, -0.25) is 9.59 Å². The zero-order chi connectivity index (χ0) is 35.2. The maximum Gasteiger partial charge on any atom is 0.194 e. The molecule has 2 aliphatic carbocycles. The van der Waals surface area contributed by atoms with Gasteiger partial charge in [-0.25, -0.2) is 0 Å². The van der Waals surface area contributed by atoms with Crippen LogP contribution < -0.4 is 0 Å². The van der Waals surface area contributed by atoms with E-state index in [0.29, 0.717) is 55.6 Å². The van der Waals surface area contributed by atoms with Gasteiger partial charge in [0.05, 0.1) is 11.7 Å². The second-order valence-electron chi connectivity index (χ2n) is 11.3. The summed E-state index contributed by atoms with van der Waals surface area (Å²) in [4.78, 5) is 30.2. The highest BCUT2D eigenvalue weighted by Crippen LogP contribution is 2.44. The van der Waals surface area contributed by atoms with Gasteiger partial charge < -0.3 is 0 Å². The molecule has 3 aromatic carbocycles. The molecule has 0 saturated heterocycles. The summed E-state index contributed by atoms with van der Waals surface area (Å²) in [5, 5.41) is 38.6. The van der Waals surface area contributed by atoms with Crippen molar-refractivity contribution in [1.82, 2.24) is 8.75 Å². The van der Waals surface area contributed by atoms with E-state index in [0.717, 1.165) is 42.4 Å². The highest BCUT2D eigenvalue weighted by molar-refractivity contribution is 7.17. The Morgan fingerprint density at radius 3 is 1.29 bits per heavy atom. The number of ketones is 2. The monoisotopic (exact) mass is 708 g/mol. The summed E-state index contributed by atoms with van der Waals surface area (Å²) in [6, 6.07) is 33.4. The van der Waals surface area contributed by atoms with Crippen LogP contribution in [0.2, 0.25) is 0 Å². The number of carbonyl (C=O) groups is 2. The first-order chi connectivity index (χ1) is 24.9.